The van der Waals surface area contributed by atoms with Gasteiger partial charge in [-0.15, -0.1) is 24.0 Å². The third kappa shape index (κ3) is 7.13. The van der Waals surface area contributed by atoms with E-state index in [-0.39, 0.29) is 24.0 Å². The summed E-state index contributed by atoms with van der Waals surface area (Å²) in [6, 6.07) is 2.50. The Morgan fingerprint density at radius 2 is 1.84 bits per heavy atom. The number of morpholine rings is 1. The van der Waals surface area contributed by atoms with Crippen LogP contribution in [-0.2, 0) is 4.74 Å². The number of nitrogens with zero attached hydrogens (tertiary/aromatic N) is 7. The summed E-state index contributed by atoms with van der Waals surface area (Å²) in [5.74, 6) is 1.94. The van der Waals surface area contributed by atoms with Crippen molar-refractivity contribution in [3.05, 3.63) is 18.5 Å². The highest BCUT2D eigenvalue weighted by Gasteiger charge is 2.30. The molecule has 0 amide bonds. The predicted octanol–water partition coefficient (Wildman–Crippen LogP) is 0.979. The lowest BCUT2D eigenvalue weighted by molar-refractivity contribution is 0.0195. The van der Waals surface area contributed by atoms with E-state index in [4.69, 9.17) is 9.73 Å². The molecule has 10 heteroatoms. The number of piperazine rings is 1. The summed E-state index contributed by atoms with van der Waals surface area (Å²) in [5, 5.41) is 3.51. The summed E-state index contributed by atoms with van der Waals surface area (Å²) in [6.45, 7) is 15.2. The minimum absolute atomic E-state index is 0. The summed E-state index contributed by atoms with van der Waals surface area (Å²) in [6.07, 6.45) is 5.95. The maximum Gasteiger partial charge on any atom is 0.225 e. The molecule has 3 aliphatic heterocycles. The zero-order valence-corrected chi connectivity index (χ0v) is 21.7. The lowest BCUT2D eigenvalue weighted by Crippen LogP contribution is -2.47. The van der Waals surface area contributed by atoms with E-state index >= 15 is 0 Å². The summed E-state index contributed by atoms with van der Waals surface area (Å²) >= 11 is 0. The highest BCUT2D eigenvalue weighted by atomic mass is 127. The third-order valence-electron chi connectivity index (χ3n) is 6.46. The second-order valence-corrected chi connectivity index (χ2v) is 8.50. The molecule has 1 aromatic rings. The Labute approximate surface area is 209 Å². The molecule has 32 heavy (non-hydrogen) atoms. The zero-order chi connectivity index (χ0) is 21.3. The van der Waals surface area contributed by atoms with Crippen molar-refractivity contribution in [2.45, 2.75) is 25.8 Å². The Bertz CT molecular complexity index is 680. The molecule has 1 unspecified atom stereocenters. The Morgan fingerprint density at radius 1 is 1.09 bits per heavy atom. The number of anilines is 1. The second-order valence-electron chi connectivity index (χ2n) is 8.50. The molecule has 4 heterocycles. The fraction of sp³-hybridized carbons (Fsp3) is 0.773. The van der Waals surface area contributed by atoms with Gasteiger partial charge in [-0.25, -0.2) is 9.97 Å². The van der Waals surface area contributed by atoms with E-state index in [0.29, 0.717) is 6.04 Å². The van der Waals surface area contributed by atoms with Crippen LogP contribution in [0.4, 0.5) is 5.95 Å². The van der Waals surface area contributed by atoms with Crippen molar-refractivity contribution < 1.29 is 4.74 Å². The Balaban J connectivity index is 0.00000289. The molecule has 1 aromatic heterocycles. The average molecular weight is 559 g/mol. The van der Waals surface area contributed by atoms with E-state index < -0.39 is 0 Å². The summed E-state index contributed by atoms with van der Waals surface area (Å²) in [5.41, 5.74) is 0. The van der Waals surface area contributed by atoms with Crippen LogP contribution in [0.3, 0.4) is 0 Å². The number of aromatic nitrogens is 2. The van der Waals surface area contributed by atoms with Crippen molar-refractivity contribution in [3.63, 3.8) is 0 Å². The van der Waals surface area contributed by atoms with E-state index in [9.17, 15) is 0 Å². The van der Waals surface area contributed by atoms with Crippen LogP contribution >= 0.6 is 24.0 Å². The molecule has 0 radical (unpaired) electrons. The van der Waals surface area contributed by atoms with Gasteiger partial charge in [0.25, 0.3) is 0 Å². The van der Waals surface area contributed by atoms with Gasteiger partial charge in [-0.1, -0.05) is 0 Å². The molecular weight excluding hydrogens is 519 g/mol. The van der Waals surface area contributed by atoms with Gasteiger partial charge in [0.15, 0.2) is 5.96 Å². The first-order chi connectivity index (χ1) is 15.3. The van der Waals surface area contributed by atoms with Crippen molar-refractivity contribution >= 4 is 35.9 Å². The van der Waals surface area contributed by atoms with Crippen molar-refractivity contribution in [1.29, 1.82) is 0 Å². The molecule has 3 fully saturated rings. The van der Waals surface area contributed by atoms with Crippen molar-refractivity contribution in [1.82, 2.24) is 30.0 Å². The van der Waals surface area contributed by atoms with Gasteiger partial charge in [0.05, 0.1) is 13.2 Å². The normalized spacial score (nSPS) is 23.3. The van der Waals surface area contributed by atoms with Crippen molar-refractivity contribution in [2.75, 3.05) is 90.1 Å². The maximum atomic E-state index is 5.51. The van der Waals surface area contributed by atoms with Gasteiger partial charge in [0.1, 0.15) is 0 Å². The summed E-state index contributed by atoms with van der Waals surface area (Å²) < 4.78 is 5.51. The molecule has 0 saturated carbocycles. The molecule has 0 bridgehead atoms. The maximum absolute atomic E-state index is 5.51. The predicted molar refractivity (Wildman–Crippen MR) is 139 cm³/mol. The van der Waals surface area contributed by atoms with E-state index in [1.807, 2.05) is 18.5 Å². The lowest BCUT2D eigenvalue weighted by atomic mass is 10.2. The van der Waals surface area contributed by atoms with E-state index in [1.165, 1.54) is 6.42 Å². The van der Waals surface area contributed by atoms with Gasteiger partial charge in [-0.2, -0.15) is 0 Å². The second kappa shape index (κ2) is 13.5. The van der Waals surface area contributed by atoms with Crippen LogP contribution < -0.4 is 10.2 Å². The highest BCUT2D eigenvalue weighted by Crippen LogP contribution is 2.17. The van der Waals surface area contributed by atoms with Gasteiger partial charge in [0.2, 0.25) is 5.95 Å². The molecule has 0 aromatic carbocycles. The number of hydrogen-bond acceptors (Lipinski definition) is 7. The van der Waals surface area contributed by atoms with Gasteiger partial charge in [0, 0.05) is 90.4 Å². The Morgan fingerprint density at radius 3 is 2.56 bits per heavy atom. The van der Waals surface area contributed by atoms with Crippen molar-refractivity contribution in [3.8, 4) is 0 Å². The Hall–Kier alpha value is -1.24. The first kappa shape index (κ1) is 25.4. The number of rotatable bonds is 7. The summed E-state index contributed by atoms with van der Waals surface area (Å²) in [4.78, 5) is 23.5. The first-order valence-electron chi connectivity index (χ1n) is 11.9. The van der Waals surface area contributed by atoms with Crippen LogP contribution in [0.25, 0.3) is 0 Å². The van der Waals surface area contributed by atoms with E-state index in [2.05, 4.69) is 41.8 Å². The minimum atomic E-state index is 0. The SMILES string of the molecule is CCNC(=NCCCN1CCN(c2ncccn2)CC1)N1CCC(N2CCOCC2)C1.I. The molecule has 1 atom stereocenters. The zero-order valence-electron chi connectivity index (χ0n) is 19.4. The Kier molecular flexibility index (Phi) is 10.7. The van der Waals surface area contributed by atoms with Crippen LogP contribution in [0, 0.1) is 0 Å². The monoisotopic (exact) mass is 558 g/mol. The first-order valence-corrected chi connectivity index (χ1v) is 11.9. The third-order valence-corrected chi connectivity index (χ3v) is 6.46. The number of halogens is 1. The molecule has 0 aliphatic carbocycles. The van der Waals surface area contributed by atoms with Crippen LogP contribution in [0.5, 0.6) is 0 Å². The van der Waals surface area contributed by atoms with E-state index in [1.54, 1.807) is 0 Å². The highest BCUT2D eigenvalue weighted by molar-refractivity contribution is 14.0. The number of aliphatic imine (C=N–C) groups is 1. The van der Waals surface area contributed by atoms with Gasteiger partial charge in [-0.05, 0) is 25.8 Å². The van der Waals surface area contributed by atoms with Gasteiger partial charge < -0.3 is 19.9 Å². The molecule has 3 aliphatic rings. The van der Waals surface area contributed by atoms with Crippen LogP contribution in [0.15, 0.2) is 23.5 Å². The fourth-order valence-corrected chi connectivity index (χ4v) is 4.71. The average Bonchev–Trinajstić information content (AvgIpc) is 3.33. The standard InChI is InChI=1S/C22H38N8O.HI/c1-2-23-21(30-10-5-20(19-30)28-15-17-31-18-16-28)26-8-4-9-27-11-13-29(14-12-27)22-24-6-3-7-25-22;/h3,6-7,20H,2,4-5,8-19H2,1H3,(H,23,26);1H. The fourth-order valence-electron chi connectivity index (χ4n) is 4.71. The van der Waals surface area contributed by atoms with Crippen LogP contribution in [0.1, 0.15) is 19.8 Å². The molecule has 180 valence electrons. The summed E-state index contributed by atoms with van der Waals surface area (Å²) in [7, 11) is 0. The van der Waals surface area contributed by atoms with Crippen molar-refractivity contribution in [2.24, 2.45) is 4.99 Å². The number of ether oxygens (including phenoxy) is 1. The van der Waals surface area contributed by atoms with Gasteiger partial charge in [-0.3, -0.25) is 14.8 Å². The smallest absolute Gasteiger partial charge is 0.225 e. The van der Waals surface area contributed by atoms with Gasteiger partial charge >= 0.3 is 0 Å². The largest absolute Gasteiger partial charge is 0.379 e. The number of hydrogen-bond donors (Lipinski definition) is 1. The number of likely N-dealkylation sites (tertiary alicyclic amines) is 1. The minimum Gasteiger partial charge on any atom is -0.379 e. The number of guanidine groups is 1. The number of nitrogens with one attached hydrogen (secondary N) is 1. The van der Waals surface area contributed by atoms with Crippen LogP contribution in [0.2, 0.25) is 0 Å². The molecule has 3 saturated heterocycles. The molecule has 0 spiro atoms. The molecule has 4 rings (SSSR count). The topological polar surface area (TPSA) is 72.4 Å². The van der Waals surface area contributed by atoms with Crippen LogP contribution in [-0.4, -0.2) is 122 Å². The molecule has 1 N–H and O–H groups in total. The quantitative estimate of drug-likeness (QED) is 0.230. The molecule has 9 nitrogen and oxygen atoms in total. The molecular formula is C22H39IN8O. The van der Waals surface area contributed by atoms with E-state index in [0.717, 1.165) is 104 Å². The lowest BCUT2D eigenvalue weighted by Gasteiger charge is -2.34.